The summed E-state index contributed by atoms with van der Waals surface area (Å²) in [5.74, 6) is -0.302. The number of nitrogen functional groups attached to an aromatic ring is 1. The zero-order valence-corrected chi connectivity index (χ0v) is 12.2. The number of rotatable bonds is 3. The standard InChI is InChI=1S/C13H17N5O5/c1-4-16-10(14)7-5(11(15)22)2-18(12(7)17-4)13-9(21)8(20)6(3-19)23-13/h2,6,8-9,13,19-21H,3H2,1H3,(H2,15,22)(H2,14,16,17)/t6-,8-,9-,13-/m1/s1. The van der Waals surface area contributed by atoms with Crippen molar-refractivity contribution >= 4 is 22.8 Å². The molecule has 2 aromatic rings. The first kappa shape index (κ1) is 15.6. The van der Waals surface area contributed by atoms with Gasteiger partial charge in [0.15, 0.2) is 6.23 Å². The second kappa shape index (κ2) is 5.42. The minimum Gasteiger partial charge on any atom is -0.394 e. The van der Waals surface area contributed by atoms with E-state index in [2.05, 4.69) is 9.97 Å². The molecule has 10 heteroatoms. The summed E-state index contributed by atoms with van der Waals surface area (Å²) in [6.07, 6.45) is -3.26. The van der Waals surface area contributed by atoms with E-state index in [0.717, 1.165) is 0 Å². The number of carbonyl (C=O) groups excluding carboxylic acids is 1. The van der Waals surface area contributed by atoms with E-state index in [9.17, 15) is 20.1 Å². The average Bonchev–Trinajstić information content (AvgIpc) is 2.99. The number of carbonyl (C=O) groups is 1. The lowest BCUT2D eigenvalue weighted by Gasteiger charge is -2.17. The number of hydrogen-bond donors (Lipinski definition) is 5. The molecule has 124 valence electrons. The number of nitrogens with zero attached hydrogens (tertiary/aromatic N) is 3. The highest BCUT2D eigenvalue weighted by atomic mass is 16.6. The van der Waals surface area contributed by atoms with Gasteiger partial charge in [-0.25, -0.2) is 9.97 Å². The lowest BCUT2D eigenvalue weighted by atomic mass is 10.1. The zero-order valence-electron chi connectivity index (χ0n) is 12.2. The van der Waals surface area contributed by atoms with Crippen molar-refractivity contribution in [3.8, 4) is 0 Å². The summed E-state index contributed by atoms with van der Waals surface area (Å²) in [4.78, 5) is 19.9. The molecule has 1 amide bonds. The topological polar surface area (TPSA) is 170 Å². The van der Waals surface area contributed by atoms with E-state index in [1.165, 1.54) is 10.8 Å². The van der Waals surface area contributed by atoms with E-state index in [1.54, 1.807) is 6.92 Å². The fraction of sp³-hybridized carbons (Fsp3) is 0.462. The van der Waals surface area contributed by atoms with Crippen molar-refractivity contribution in [2.75, 3.05) is 12.3 Å². The van der Waals surface area contributed by atoms with Crippen LogP contribution < -0.4 is 11.5 Å². The molecule has 3 rings (SSSR count). The van der Waals surface area contributed by atoms with Gasteiger partial charge in [0.25, 0.3) is 5.91 Å². The van der Waals surface area contributed by atoms with Gasteiger partial charge in [-0.15, -0.1) is 0 Å². The molecule has 0 spiro atoms. The lowest BCUT2D eigenvalue weighted by Crippen LogP contribution is -2.33. The molecule has 0 unspecified atom stereocenters. The van der Waals surface area contributed by atoms with Crippen LogP contribution in [-0.4, -0.2) is 60.7 Å². The van der Waals surface area contributed by atoms with Crippen LogP contribution in [0.25, 0.3) is 11.0 Å². The Labute approximate surface area is 130 Å². The van der Waals surface area contributed by atoms with Crippen molar-refractivity contribution in [1.29, 1.82) is 0 Å². The minimum absolute atomic E-state index is 0.0757. The third kappa shape index (κ3) is 2.32. The van der Waals surface area contributed by atoms with Gasteiger partial charge < -0.3 is 36.1 Å². The van der Waals surface area contributed by atoms with E-state index in [4.69, 9.17) is 16.2 Å². The van der Waals surface area contributed by atoms with Crippen molar-refractivity contribution < 1.29 is 24.9 Å². The van der Waals surface area contributed by atoms with Gasteiger partial charge in [0.1, 0.15) is 35.6 Å². The molecule has 3 heterocycles. The molecule has 23 heavy (non-hydrogen) atoms. The fourth-order valence-electron chi connectivity index (χ4n) is 2.78. The monoisotopic (exact) mass is 323 g/mol. The number of aromatic nitrogens is 3. The molecule has 2 aromatic heterocycles. The third-order valence-corrected chi connectivity index (χ3v) is 3.87. The highest BCUT2D eigenvalue weighted by Crippen LogP contribution is 2.34. The Morgan fingerprint density at radius 1 is 1.39 bits per heavy atom. The van der Waals surface area contributed by atoms with Crippen LogP contribution in [0.5, 0.6) is 0 Å². The molecule has 4 atom stereocenters. The number of aryl methyl sites for hydroxylation is 1. The Hall–Kier alpha value is -2.27. The predicted molar refractivity (Wildman–Crippen MR) is 78.2 cm³/mol. The summed E-state index contributed by atoms with van der Waals surface area (Å²) in [7, 11) is 0. The van der Waals surface area contributed by atoms with Crippen LogP contribution in [0.4, 0.5) is 5.82 Å². The Bertz CT molecular complexity index is 776. The quantitative estimate of drug-likeness (QED) is 0.433. The minimum atomic E-state index is -1.32. The van der Waals surface area contributed by atoms with Gasteiger partial charge in [-0.05, 0) is 6.92 Å². The second-order valence-corrected chi connectivity index (χ2v) is 5.40. The molecular formula is C13H17N5O5. The van der Waals surface area contributed by atoms with E-state index < -0.39 is 37.1 Å². The normalized spacial score (nSPS) is 27.7. The number of nitrogens with two attached hydrogens (primary N) is 2. The highest BCUT2D eigenvalue weighted by molar-refractivity contribution is 6.08. The number of primary amides is 1. The lowest BCUT2D eigenvalue weighted by molar-refractivity contribution is -0.0509. The average molecular weight is 323 g/mol. The van der Waals surface area contributed by atoms with Crippen molar-refractivity contribution in [3.63, 3.8) is 0 Å². The number of aliphatic hydroxyl groups is 3. The Balaban J connectivity index is 2.20. The van der Waals surface area contributed by atoms with Gasteiger partial charge in [-0.3, -0.25) is 4.79 Å². The SMILES string of the molecule is Cc1nc(N)c2c(C(N)=O)cn([C@@H]3O[C@H](CO)[C@@H](O)[C@H]3O)c2n1. The smallest absolute Gasteiger partial charge is 0.251 e. The van der Waals surface area contributed by atoms with E-state index in [-0.39, 0.29) is 22.4 Å². The molecule has 1 aliphatic heterocycles. The van der Waals surface area contributed by atoms with Crippen LogP contribution >= 0.6 is 0 Å². The maximum absolute atomic E-state index is 11.7. The molecule has 0 aromatic carbocycles. The maximum atomic E-state index is 11.7. The zero-order chi connectivity index (χ0) is 16.9. The van der Waals surface area contributed by atoms with Crippen LogP contribution in [0, 0.1) is 6.92 Å². The molecule has 0 saturated carbocycles. The summed E-state index contributed by atoms with van der Waals surface area (Å²) in [5.41, 5.74) is 11.5. The van der Waals surface area contributed by atoms with Crippen LogP contribution in [0.3, 0.4) is 0 Å². The molecule has 0 radical (unpaired) electrons. The second-order valence-electron chi connectivity index (χ2n) is 5.40. The summed E-state index contributed by atoms with van der Waals surface area (Å²) in [6.45, 7) is 1.15. The first-order valence-electron chi connectivity index (χ1n) is 6.92. The summed E-state index contributed by atoms with van der Waals surface area (Å²) < 4.78 is 6.83. The number of ether oxygens (including phenoxy) is 1. The Morgan fingerprint density at radius 3 is 2.65 bits per heavy atom. The molecule has 1 fully saturated rings. The number of hydrogen-bond acceptors (Lipinski definition) is 8. The van der Waals surface area contributed by atoms with Crippen molar-refractivity contribution in [2.45, 2.75) is 31.5 Å². The van der Waals surface area contributed by atoms with Crippen molar-refractivity contribution in [2.24, 2.45) is 5.73 Å². The molecule has 0 bridgehead atoms. The van der Waals surface area contributed by atoms with E-state index >= 15 is 0 Å². The summed E-state index contributed by atoms with van der Waals surface area (Å²) in [5, 5.41) is 29.5. The number of anilines is 1. The highest BCUT2D eigenvalue weighted by Gasteiger charge is 2.44. The number of amides is 1. The van der Waals surface area contributed by atoms with Crippen LogP contribution in [-0.2, 0) is 4.74 Å². The van der Waals surface area contributed by atoms with Gasteiger partial charge in [-0.1, -0.05) is 0 Å². The maximum Gasteiger partial charge on any atom is 0.251 e. The van der Waals surface area contributed by atoms with Crippen LogP contribution in [0.15, 0.2) is 6.20 Å². The molecular weight excluding hydrogens is 306 g/mol. The largest absolute Gasteiger partial charge is 0.394 e. The third-order valence-electron chi connectivity index (χ3n) is 3.87. The predicted octanol–water partition coefficient (Wildman–Crippen LogP) is -1.97. The number of fused-ring (bicyclic) bond motifs is 1. The van der Waals surface area contributed by atoms with E-state index in [0.29, 0.717) is 5.82 Å². The Kier molecular flexibility index (Phi) is 3.68. The van der Waals surface area contributed by atoms with Gasteiger partial charge >= 0.3 is 0 Å². The molecule has 0 aliphatic carbocycles. The van der Waals surface area contributed by atoms with Crippen LogP contribution in [0.2, 0.25) is 0 Å². The fourth-order valence-corrected chi connectivity index (χ4v) is 2.78. The van der Waals surface area contributed by atoms with Gasteiger partial charge in [0, 0.05) is 6.20 Å². The molecule has 7 N–H and O–H groups in total. The van der Waals surface area contributed by atoms with Gasteiger partial charge in [-0.2, -0.15) is 0 Å². The van der Waals surface area contributed by atoms with Gasteiger partial charge in [0.05, 0.1) is 17.6 Å². The van der Waals surface area contributed by atoms with Crippen molar-refractivity contribution in [3.05, 3.63) is 17.6 Å². The number of aliphatic hydroxyl groups excluding tert-OH is 3. The molecule has 10 nitrogen and oxygen atoms in total. The summed E-state index contributed by atoms with van der Waals surface area (Å²) in [6, 6.07) is 0. The molecule has 1 aliphatic rings. The van der Waals surface area contributed by atoms with E-state index in [1.807, 2.05) is 0 Å². The van der Waals surface area contributed by atoms with Crippen molar-refractivity contribution in [1.82, 2.24) is 14.5 Å². The molecule has 1 saturated heterocycles. The first-order chi connectivity index (χ1) is 10.8. The summed E-state index contributed by atoms with van der Waals surface area (Å²) >= 11 is 0. The first-order valence-corrected chi connectivity index (χ1v) is 6.92. The Morgan fingerprint density at radius 2 is 2.09 bits per heavy atom. The van der Waals surface area contributed by atoms with Crippen LogP contribution in [0.1, 0.15) is 22.4 Å². The van der Waals surface area contributed by atoms with Gasteiger partial charge in [0.2, 0.25) is 0 Å².